The van der Waals surface area contributed by atoms with E-state index in [0.717, 1.165) is 36.4 Å². The third-order valence-corrected chi connectivity index (χ3v) is 9.07. The molecule has 26 heteroatoms. The highest BCUT2D eigenvalue weighted by atomic mass is 79.9. The van der Waals surface area contributed by atoms with Gasteiger partial charge in [-0.2, -0.15) is 5.26 Å². The van der Waals surface area contributed by atoms with Gasteiger partial charge in [0, 0.05) is 15.5 Å². The normalized spacial score (nSPS) is 10.5. The smallest absolute Gasteiger partial charge is 0.243 e. The molecule has 0 aliphatic heterocycles. The van der Waals surface area contributed by atoms with Gasteiger partial charge in [-0.05, 0) is 54.1 Å². The Kier molecular flexibility index (Phi) is 22.6. The summed E-state index contributed by atoms with van der Waals surface area (Å²) in [5.41, 5.74) is 9.52. The molecule has 0 bridgehead atoms. The van der Waals surface area contributed by atoms with E-state index in [2.05, 4.69) is 47.3 Å². The average Bonchev–Trinajstić information content (AvgIpc) is 2.93. The summed E-state index contributed by atoms with van der Waals surface area (Å²) in [5, 5.41) is 22.1. The summed E-state index contributed by atoms with van der Waals surface area (Å²) in [5.74, 6) is -9.11. The molecule has 0 radical (unpaired) electrons. The van der Waals surface area contributed by atoms with Gasteiger partial charge in [0.1, 0.15) is 52.2 Å². The van der Waals surface area contributed by atoms with Crippen LogP contribution in [0.3, 0.4) is 0 Å². The molecule has 0 amide bonds. The first kappa shape index (κ1) is 54.9. The van der Waals surface area contributed by atoms with Gasteiger partial charge >= 0.3 is 0 Å². The van der Waals surface area contributed by atoms with Crippen LogP contribution < -0.4 is 26.9 Å². The fourth-order valence-corrected chi connectivity index (χ4v) is 6.04. The number of halogens is 11. The van der Waals surface area contributed by atoms with Crippen LogP contribution in [-0.2, 0) is 36.6 Å². The number of primary sulfonamides is 3. The largest absolute Gasteiger partial charge is 0.394 e. The van der Waals surface area contributed by atoms with Crippen molar-refractivity contribution in [2.45, 2.75) is 36.1 Å². The fraction of sp³-hybridized carbons (Fsp3) is 0.107. The van der Waals surface area contributed by atoms with E-state index in [0.29, 0.717) is 16.6 Å². The molecule has 0 aliphatic carbocycles. The molecule has 4 aromatic carbocycles. The van der Waals surface area contributed by atoms with Gasteiger partial charge in [-0.15, -0.1) is 12.4 Å². The molecule has 0 fully saturated rings. The molecule has 4 aromatic rings. The number of nitriles is 1. The Morgan fingerprint density at radius 2 is 0.778 bits per heavy atom. The minimum absolute atomic E-state index is 0. The Hall–Kier alpha value is -3.45. The Morgan fingerprint density at radius 1 is 0.537 bits per heavy atom. The predicted octanol–water partition coefficient (Wildman–Crippen LogP) is 5.93. The minimum Gasteiger partial charge on any atom is -0.394 e. The van der Waals surface area contributed by atoms with E-state index in [1.807, 2.05) is 0 Å². The zero-order valence-corrected chi connectivity index (χ0v) is 31.5. The quantitative estimate of drug-likeness (QED) is 0.120. The number of nitrogens with two attached hydrogens (primary N) is 5. The Bertz CT molecular complexity index is 2250. The third-order valence-electron chi connectivity index (χ3n) is 5.28. The van der Waals surface area contributed by atoms with Crippen LogP contribution in [0, 0.1) is 57.9 Å². The van der Waals surface area contributed by atoms with Crippen LogP contribution in [-0.4, -0.2) is 25.3 Å². The Labute approximate surface area is 328 Å². The molecule has 0 saturated heterocycles. The molecule has 0 heterocycles. The summed E-state index contributed by atoms with van der Waals surface area (Å²) in [6.45, 7) is -0.0846. The molecular formula is C28H29Br2ClF8N6O6S3. The number of benzene rings is 4. The molecule has 0 atom stereocenters. The van der Waals surface area contributed by atoms with Gasteiger partial charge in [0.15, 0.2) is 14.7 Å². The van der Waals surface area contributed by atoms with E-state index < -0.39 is 97.0 Å². The second kappa shape index (κ2) is 22.2. The molecule has 54 heavy (non-hydrogen) atoms. The van der Waals surface area contributed by atoms with Gasteiger partial charge in [-0.3, -0.25) is 0 Å². The zero-order valence-electron chi connectivity index (χ0n) is 25.0. The van der Waals surface area contributed by atoms with Crippen LogP contribution in [0.4, 0.5) is 40.8 Å². The summed E-state index contributed by atoms with van der Waals surface area (Å²) in [6, 6.07) is 8.21. The van der Waals surface area contributed by atoms with Gasteiger partial charge in [0.25, 0.3) is 0 Å². The SMILES string of the molecule is C.C.Cl.N#Cc1cc(F)c(S(N)(=O)=O)c(F)c1.NCc1cc(F)c(S(N)(=O)=O)c(F)c1.NS(=O)(=O)c1c(F)cc(Br)cc1F.Nc1c(F)cc(Br)cc1F. The average molecular weight is 989 g/mol. The fourth-order valence-electron chi connectivity index (χ4n) is 3.25. The highest BCUT2D eigenvalue weighted by molar-refractivity contribution is 9.10. The number of hydrogen-bond donors (Lipinski definition) is 5. The zero-order chi connectivity index (χ0) is 39.8. The van der Waals surface area contributed by atoms with Gasteiger partial charge in [0.2, 0.25) is 30.1 Å². The van der Waals surface area contributed by atoms with Crippen LogP contribution in [0.5, 0.6) is 0 Å². The molecule has 0 aliphatic rings. The first-order chi connectivity index (χ1) is 23.1. The van der Waals surface area contributed by atoms with E-state index >= 15 is 0 Å². The lowest BCUT2D eigenvalue weighted by atomic mass is 10.2. The highest BCUT2D eigenvalue weighted by Crippen LogP contribution is 2.23. The lowest BCUT2D eigenvalue weighted by molar-refractivity contribution is 0.516. The first-order valence-corrected chi connectivity index (χ1v) is 18.6. The van der Waals surface area contributed by atoms with E-state index in [9.17, 15) is 60.4 Å². The van der Waals surface area contributed by atoms with Gasteiger partial charge in [-0.25, -0.2) is 75.8 Å². The molecule has 12 nitrogen and oxygen atoms in total. The van der Waals surface area contributed by atoms with Crippen molar-refractivity contribution < 1.29 is 60.4 Å². The van der Waals surface area contributed by atoms with Gasteiger partial charge in [0.05, 0.1) is 11.6 Å². The molecule has 0 unspecified atom stereocenters. The number of sulfonamides is 3. The van der Waals surface area contributed by atoms with Gasteiger partial charge in [-0.1, -0.05) is 46.7 Å². The monoisotopic (exact) mass is 986 g/mol. The minimum atomic E-state index is -4.45. The van der Waals surface area contributed by atoms with Crippen molar-refractivity contribution in [1.29, 1.82) is 5.26 Å². The van der Waals surface area contributed by atoms with Crippen LogP contribution in [0.15, 0.2) is 72.2 Å². The van der Waals surface area contributed by atoms with Crippen molar-refractivity contribution in [2.24, 2.45) is 21.2 Å². The summed E-state index contributed by atoms with van der Waals surface area (Å²) in [4.78, 5) is -3.47. The van der Waals surface area contributed by atoms with Crippen molar-refractivity contribution >= 4 is 80.0 Å². The number of hydrogen-bond acceptors (Lipinski definition) is 9. The summed E-state index contributed by atoms with van der Waals surface area (Å²) in [7, 11) is -13.2. The van der Waals surface area contributed by atoms with E-state index in [4.69, 9.17) is 16.7 Å². The van der Waals surface area contributed by atoms with Crippen LogP contribution in [0.1, 0.15) is 26.0 Å². The highest BCUT2D eigenvalue weighted by Gasteiger charge is 2.22. The molecule has 302 valence electrons. The lowest BCUT2D eigenvalue weighted by Crippen LogP contribution is -2.16. The Morgan fingerprint density at radius 3 is 1.02 bits per heavy atom. The number of rotatable bonds is 4. The van der Waals surface area contributed by atoms with Crippen LogP contribution in [0.2, 0.25) is 0 Å². The summed E-state index contributed by atoms with van der Waals surface area (Å²) in [6.07, 6.45) is 0. The third kappa shape index (κ3) is 16.1. The molecule has 0 aromatic heterocycles. The summed E-state index contributed by atoms with van der Waals surface area (Å²) >= 11 is 5.71. The topological polar surface area (TPSA) is 256 Å². The number of nitrogens with zero attached hydrogens (tertiary/aromatic N) is 1. The van der Waals surface area contributed by atoms with Crippen molar-refractivity contribution in [3.05, 3.63) is 115 Å². The van der Waals surface area contributed by atoms with Crippen LogP contribution in [0.25, 0.3) is 0 Å². The molecule has 0 spiro atoms. The van der Waals surface area contributed by atoms with Crippen molar-refractivity contribution in [1.82, 2.24) is 0 Å². The maximum Gasteiger partial charge on any atom is 0.243 e. The number of nitrogen functional groups attached to an aromatic ring is 1. The maximum absolute atomic E-state index is 13.0. The van der Waals surface area contributed by atoms with Crippen LogP contribution >= 0.6 is 44.3 Å². The Balaban J connectivity index is -0.000000635. The molecule has 0 saturated carbocycles. The van der Waals surface area contributed by atoms with E-state index in [1.54, 1.807) is 0 Å². The first-order valence-electron chi connectivity index (χ1n) is 12.4. The predicted molar refractivity (Wildman–Crippen MR) is 193 cm³/mol. The van der Waals surface area contributed by atoms with Crippen molar-refractivity contribution in [2.75, 3.05) is 5.73 Å². The van der Waals surface area contributed by atoms with Gasteiger partial charge < -0.3 is 11.5 Å². The standard InChI is InChI=1S/C7H8F2N2O2S.C7H4F2N2O2S.C6H4BrF2NO2S.C6H4BrF2N.2CH4.ClH/c2*8-5-1-4(3-10)2-6(9)7(5)14(11,12)13;7-3-1-4(8)6(5(9)2-3)13(10,11)12;7-3-1-4(8)6(10)5(9)2-3;;;/h1-2H,3,10H2,(H2,11,12,13);1-2H,(H2,11,12,13);1-2H,(H2,10,11,12);1-2H,10H2;2*1H4;1H. The molecule has 4 rings (SSSR count). The van der Waals surface area contributed by atoms with Crippen molar-refractivity contribution in [3.8, 4) is 6.07 Å². The lowest BCUT2D eigenvalue weighted by Gasteiger charge is -2.04. The van der Waals surface area contributed by atoms with E-state index in [1.165, 1.54) is 6.07 Å². The number of anilines is 1. The molecular weight excluding hydrogens is 960 g/mol. The maximum atomic E-state index is 13.0. The second-order valence-electron chi connectivity index (χ2n) is 9.09. The van der Waals surface area contributed by atoms with E-state index in [-0.39, 0.29) is 49.4 Å². The van der Waals surface area contributed by atoms with Crippen molar-refractivity contribution in [3.63, 3.8) is 0 Å². The summed E-state index contributed by atoms with van der Waals surface area (Å²) < 4.78 is 167. The molecule has 10 N–H and O–H groups in total. The second-order valence-corrected chi connectivity index (χ2v) is 15.4.